The fourth-order valence-electron chi connectivity index (χ4n) is 1.59. The molecule has 0 atom stereocenters. The molecule has 0 saturated carbocycles. The minimum atomic E-state index is -0.441. The van der Waals surface area contributed by atoms with E-state index in [1.807, 2.05) is 11.9 Å². The first-order valence-electron chi connectivity index (χ1n) is 5.64. The molecule has 2 N–H and O–H groups in total. The Hall–Kier alpha value is -1.82. The van der Waals surface area contributed by atoms with Gasteiger partial charge in [-0.15, -0.1) is 0 Å². The molecule has 0 amide bonds. The van der Waals surface area contributed by atoms with Crippen LogP contribution in [0.4, 0.5) is 11.5 Å². The van der Waals surface area contributed by atoms with Gasteiger partial charge in [-0.3, -0.25) is 0 Å². The molecule has 1 rings (SSSR count). The molecule has 0 unspecified atom stereocenters. The number of nitrogen functional groups attached to an aromatic ring is 1. The van der Waals surface area contributed by atoms with E-state index in [0.29, 0.717) is 23.7 Å². The van der Waals surface area contributed by atoms with Crippen molar-refractivity contribution in [2.75, 3.05) is 45.1 Å². The van der Waals surface area contributed by atoms with Crippen molar-refractivity contribution in [1.29, 1.82) is 0 Å². The van der Waals surface area contributed by atoms with E-state index < -0.39 is 5.97 Å². The molecule has 0 spiro atoms. The van der Waals surface area contributed by atoms with E-state index in [-0.39, 0.29) is 0 Å². The topological polar surface area (TPSA) is 77.7 Å². The monoisotopic (exact) mass is 253 g/mol. The van der Waals surface area contributed by atoms with Crippen molar-refractivity contribution in [3.05, 3.63) is 17.8 Å². The number of methoxy groups -OCH3 is 2. The summed E-state index contributed by atoms with van der Waals surface area (Å²) in [4.78, 5) is 17.7. The predicted octanol–water partition coefficient (Wildman–Crippen LogP) is 0.923. The summed E-state index contributed by atoms with van der Waals surface area (Å²) < 4.78 is 9.71. The van der Waals surface area contributed by atoms with E-state index in [2.05, 4.69) is 4.98 Å². The van der Waals surface area contributed by atoms with Crippen LogP contribution in [-0.4, -0.2) is 45.4 Å². The Morgan fingerprint density at radius 1 is 1.50 bits per heavy atom. The molecule has 18 heavy (non-hydrogen) atoms. The van der Waals surface area contributed by atoms with Crippen molar-refractivity contribution in [3.8, 4) is 0 Å². The Morgan fingerprint density at radius 3 is 2.83 bits per heavy atom. The molecule has 0 aliphatic rings. The van der Waals surface area contributed by atoms with E-state index in [9.17, 15) is 4.79 Å². The molecule has 100 valence electrons. The second-order valence-electron chi connectivity index (χ2n) is 3.90. The second-order valence-corrected chi connectivity index (χ2v) is 3.90. The van der Waals surface area contributed by atoms with Gasteiger partial charge in [0.2, 0.25) is 0 Å². The molecule has 1 aromatic heterocycles. The highest BCUT2D eigenvalue weighted by Crippen LogP contribution is 2.20. The molecule has 0 aliphatic carbocycles. The van der Waals surface area contributed by atoms with E-state index in [1.165, 1.54) is 13.3 Å². The minimum absolute atomic E-state index is 0.373. The zero-order valence-electron chi connectivity index (χ0n) is 11.0. The molecular formula is C12H19N3O3. The van der Waals surface area contributed by atoms with E-state index in [0.717, 1.165) is 13.0 Å². The lowest BCUT2D eigenvalue weighted by atomic mass is 10.2. The Kier molecular flexibility index (Phi) is 5.38. The Labute approximate surface area is 107 Å². The molecule has 0 radical (unpaired) electrons. The van der Waals surface area contributed by atoms with Gasteiger partial charge in [-0.1, -0.05) is 0 Å². The van der Waals surface area contributed by atoms with Crippen LogP contribution in [0.25, 0.3) is 0 Å². The average molecular weight is 253 g/mol. The smallest absolute Gasteiger partial charge is 0.341 e. The van der Waals surface area contributed by atoms with Crippen molar-refractivity contribution in [3.63, 3.8) is 0 Å². The molecule has 0 bridgehead atoms. The summed E-state index contributed by atoms with van der Waals surface area (Å²) in [5.74, 6) is 0.121. The van der Waals surface area contributed by atoms with Gasteiger partial charge in [0.25, 0.3) is 0 Å². The number of esters is 1. The van der Waals surface area contributed by atoms with Crippen molar-refractivity contribution < 1.29 is 14.3 Å². The minimum Gasteiger partial charge on any atom is -0.465 e. The number of carbonyl (C=O) groups excluding carboxylic acids is 1. The van der Waals surface area contributed by atoms with Crippen LogP contribution in [0.5, 0.6) is 0 Å². The number of rotatable bonds is 6. The summed E-state index contributed by atoms with van der Waals surface area (Å²) in [5, 5.41) is 0. The zero-order chi connectivity index (χ0) is 13.5. The third-order valence-electron chi connectivity index (χ3n) is 2.50. The number of aromatic nitrogens is 1. The SMILES string of the molecule is COCCCN(C)c1ncc(N)cc1C(=O)OC. The Bertz CT molecular complexity index is 410. The lowest BCUT2D eigenvalue weighted by Crippen LogP contribution is -2.24. The van der Waals surface area contributed by atoms with Crippen molar-refractivity contribution in [2.24, 2.45) is 0 Å². The van der Waals surface area contributed by atoms with Gasteiger partial charge in [0.1, 0.15) is 11.4 Å². The summed E-state index contributed by atoms with van der Waals surface area (Å²) in [5.41, 5.74) is 6.44. The molecule has 0 aliphatic heterocycles. The summed E-state index contributed by atoms with van der Waals surface area (Å²) in [7, 11) is 4.85. The van der Waals surface area contributed by atoms with E-state index >= 15 is 0 Å². The first kappa shape index (κ1) is 14.2. The molecule has 1 aromatic rings. The molecule has 0 fully saturated rings. The van der Waals surface area contributed by atoms with Crippen molar-refractivity contribution in [1.82, 2.24) is 4.98 Å². The van der Waals surface area contributed by atoms with Gasteiger partial charge >= 0.3 is 5.97 Å². The number of ether oxygens (including phenoxy) is 2. The van der Waals surface area contributed by atoms with Gasteiger partial charge in [0.05, 0.1) is 19.0 Å². The number of nitrogens with two attached hydrogens (primary N) is 1. The van der Waals surface area contributed by atoms with Gasteiger partial charge in [-0.2, -0.15) is 0 Å². The maximum Gasteiger partial charge on any atom is 0.341 e. The van der Waals surface area contributed by atoms with E-state index in [1.54, 1.807) is 13.2 Å². The van der Waals surface area contributed by atoms with Gasteiger partial charge in [-0.05, 0) is 12.5 Å². The number of anilines is 2. The third kappa shape index (κ3) is 3.59. The molecule has 0 aromatic carbocycles. The molecule has 6 nitrogen and oxygen atoms in total. The van der Waals surface area contributed by atoms with Gasteiger partial charge in [0, 0.05) is 27.3 Å². The summed E-state index contributed by atoms with van der Waals surface area (Å²) in [6.45, 7) is 1.39. The second kappa shape index (κ2) is 6.80. The van der Waals surface area contributed by atoms with Gasteiger partial charge < -0.3 is 20.1 Å². The molecule has 6 heteroatoms. The van der Waals surface area contributed by atoms with Gasteiger partial charge in [-0.25, -0.2) is 9.78 Å². The lowest BCUT2D eigenvalue weighted by molar-refractivity contribution is 0.0601. The number of hydrogen-bond donors (Lipinski definition) is 1. The number of hydrogen-bond acceptors (Lipinski definition) is 6. The summed E-state index contributed by atoms with van der Waals surface area (Å²) >= 11 is 0. The average Bonchev–Trinajstić information content (AvgIpc) is 2.37. The van der Waals surface area contributed by atoms with Crippen LogP contribution >= 0.6 is 0 Å². The third-order valence-corrected chi connectivity index (χ3v) is 2.50. The molecule has 0 saturated heterocycles. The quantitative estimate of drug-likeness (QED) is 0.600. The van der Waals surface area contributed by atoms with Crippen LogP contribution in [0.1, 0.15) is 16.8 Å². The highest BCUT2D eigenvalue weighted by molar-refractivity contribution is 5.95. The van der Waals surface area contributed by atoms with Crippen LogP contribution in [0, 0.1) is 0 Å². The highest BCUT2D eigenvalue weighted by atomic mass is 16.5. The highest BCUT2D eigenvalue weighted by Gasteiger charge is 2.16. The largest absolute Gasteiger partial charge is 0.465 e. The number of carbonyl (C=O) groups is 1. The normalized spacial score (nSPS) is 10.2. The Balaban J connectivity index is 2.89. The van der Waals surface area contributed by atoms with Crippen LogP contribution in [0.3, 0.4) is 0 Å². The van der Waals surface area contributed by atoms with Crippen molar-refractivity contribution >= 4 is 17.5 Å². The predicted molar refractivity (Wildman–Crippen MR) is 69.8 cm³/mol. The first-order valence-corrected chi connectivity index (χ1v) is 5.64. The lowest BCUT2D eigenvalue weighted by Gasteiger charge is -2.20. The first-order chi connectivity index (χ1) is 8.60. The van der Waals surface area contributed by atoms with Crippen LogP contribution in [0.2, 0.25) is 0 Å². The van der Waals surface area contributed by atoms with Gasteiger partial charge in [0.15, 0.2) is 0 Å². The van der Waals surface area contributed by atoms with E-state index in [4.69, 9.17) is 15.2 Å². The number of pyridine rings is 1. The maximum atomic E-state index is 11.7. The van der Waals surface area contributed by atoms with Crippen molar-refractivity contribution in [2.45, 2.75) is 6.42 Å². The summed E-state index contributed by atoms with van der Waals surface area (Å²) in [6.07, 6.45) is 2.37. The maximum absolute atomic E-state index is 11.7. The fourth-order valence-corrected chi connectivity index (χ4v) is 1.59. The zero-order valence-corrected chi connectivity index (χ0v) is 11.0. The molecule has 1 heterocycles. The van der Waals surface area contributed by atoms with Crippen LogP contribution in [-0.2, 0) is 9.47 Å². The summed E-state index contributed by atoms with van der Waals surface area (Å²) in [6, 6.07) is 1.57. The van der Waals surface area contributed by atoms with Crippen LogP contribution in [0.15, 0.2) is 12.3 Å². The Morgan fingerprint density at radius 2 is 2.22 bits per heavy atom. The molecular weight excluding hydrogens is 234 g/mol. The number of nitrogens with zero attached hydrogens (tertiary/aromatic N) is 2. The fraction of sp³-hybridized carbons (Fsp3) is 0.500. The standard InChI is InChI=1S/C12H19N3O3/c1-15(5-4-6-17-2)11-10(12(16)18-3)7-9(13)8-14-11/h7-8H,4-6,13H2,1-3H3. The van der Waals surface area contributed by atoms with Crippen LogP contribution < -0.4 is 10.6 Å².